The van der Waals surface area contributed by atoms with Gasteiger partial charge in [-0.05, 0) is 70.7 Å². The van der Waals surface area contributed by atoms with E-state index in [1.165, 1.54) is 0 Å². The zero-order chi connectivity index (χ0) is 16.9. The number of benzene rings is 1. The van der Waals surface area contributed by atoms with E-state index in [0.29, 0.717) is 20.1 Å². The number of halogens is 2. The van der Waals surface area contributed by atoms with Crippen molar-refractivity contribution in [3.8, 4) is 0 Å². The Morgan fingerprint density at radius 1 is 0.909 bits per heavy atom. The van der Waals surface area contributed by atoms with Crippen LogP contribution in [0.15, 0.2) is 21.1 Å². The van der Waals surface area contributed by atoms with E-state index in [0.717, 1.165) is 12.8 Å². The fourth-order valence-corrected chi connectivity index (χ4v) is 2.75. The molecule has 1 rings (SSSR count). The second-order valence-corrected chi connectivity index (χ2v) is 7.09. The molecule has 6 heteroatoms. The van der Waals surface area contributed by atoms with E-state index in [4.69, 9.17) is 0 Å². The first-order valence-corrected chi connectivity index (χ1v) is 8.99. The van der Waals surface area contributed by atoms with Crippen molar-refractivity contribution in [2.75, 3.05) is 0 Å². The van der Waals surface area contributed by atoms with Gasteiger partial charge in [0.1, 0.15) is 0 Å². The molecule has 0 aromatic heterocycles. The number of hydrogen-bond donors (Lipinski definition) is 2. The van der Waals surface area contributed by atoms with Crippen LogP contribution >= 0.6 is 31.9 Å². The maximum Gasteiger partial charge on any atom is 0.252 e. The second-order valence-electron chi connectivity index (χ2n) is 5.38. The van der Waals surface area contributed by atoms with Gasteiger partial charge in [-0.1, -0.05) is 13.8 Å². The van der Waals surface area contributed by atoms with Crippen molar-refractivity contribution >= 4 is 43.7 Å². The third-order valence-corrected chi connectivity index (χ3v) is 4.84. The molecule has 0 unspecified atom stereocenters. The lowest BCUT2D eigenvalue weighted by Crippen LogP contribution is -2.33. The van der Waals surface area contributed by atoms with Gasteiger partial charge >= 0.3 is 0 Å². The van der Waals surface area contributed by atoms with Crippen LogP contribution in [0.1, 0.15) is 61.3 Å². The maximum atomic E-state index is 12.2. The van der Waals surface area contributed by atoms with Crippen molar-refractivity contribution in [1.29, 1.82) is 0 Å². The van der Waals surface area contributed by atoms with E-state index in [-0.39, 0.29) is 23.9 Å². The minimum Gasteiger partial charge on any atom is -0.350 e. The number of amides is 2. The summed E-state index contributed by atoms with van der Waals surface area (Å²) in [6.45, 7) is 7.93. The second kappa shape index (κ2) is 8.67. The van der Waals surface area contributed by atoms with E-state index in [1.807, 2.05) is 27.7 Å². The molecule has 0 saturated carbocycles. The van der Waals surface area contributed by atoms with Gasteiger partial charge in [0, 0.05) is 21.0 Å². The van der Waals surface area contributed by atoms with Crippen molar-refractivity contribution in [2.45, 2.75) is 52.6 Å². The highest BCUT2D eigenvalue weighted by atomic mass is 79.9. The third-order valence-electron chi connectivity index (χ3n) is 3.53. The molecule has 1 aromatic carbocycles. The van der Waals surface area contributed by atoms with Crippen LogP contribution in [-0.4, -0.2) is 23.9 Å². The summed E-state index contributed by atoms with van der Waals surface area (Å²) in [6, 6.07) is 3.55. The summed E-state index contributed by atoms with van der Waals surface area (Å²) in [7, 11) is 0. The molecular formula is C16H22Br2N2O2. The Balaban J connectivity index is 3.01. The quantitative estimate of drug-likeness (QED) is 0.703. The molecule has 0 aliphatic rings. The summed E-state index contributed by atoms with van der Waals surface area (Å²) in [5.74, 6) is -0.313. The minimum atomic E-state index is -0.157. The number of rotatable bonds is 6. The highest BCUT2D eigenvalue weighted by molar-refractivity contribution is 9.11. The zero-order valence-electron chi connectivity index (χ0n) is 13.3. The maximum absolute atomic E-state index is 12.2. The summed E-state index contributed by atoms with van der Waals surface area (Å²) in [5.41, 5.74) is 1.01. The molecule has 0 aliphatic carbocycles. The van der Waals surface area contributed by atoms with Crippen LogP contribution in [-0.2, 0) is 0 Å². The van der Waals surface area contributed by atoms with Crippen LogP contribution in [0.5, 0.6) is 0 Å². The highest BCUT2D eigenvalue weighted by Gasteiger charge is 2.18. The van der Waals surface area contributed by atoms with E-state index < -0.39 is 0 Å². The van der Waals surface area contributed by atoms with Crippen molar-refractivity contribution in [2.24, 2.45) is 0 Å². The Morgan fingerprint density at radius 3 is 1.50 bits per heavy atom. The third kappa shape index (κ3) is 5.09. The van der Waals surface area contributed by atoms with Crippen LogP contribution in [0.4, 0.5) is 0 Å². The predicted octanol–water partition coefficient (Wildman–Crippen LogP) is 4.27. The number of hydrogen-bond acceptors (Lipinski definition) is 2. The number of nitrogens with one attached hydrogen (secondary N) is 2. The van der Waals surface area contributed by atoms with Gasteiger partial charge in [-0.3, -0.25) is 9.59 Å². The Bertz CT molecular complexity index is 512. The average molecular weight is 434 g/mol. The monoisotopic (exact) mass is 432 g/mol. The van der Waals surface area contributed by atoms with E-state index in [2.05, 4.69) is 42.5 Å². The van der Waals surface area contributed by atoms with E-state index in [1.54, 1.807) is 12.1 Å². The largest absolute Gasteiger partial charge is 0.350 e. The van der Waals surface area contributed by atoms with Gasteiger partial charge in [0.2, 0.25) is 0 Å². The molecule has 0 aliphatic heterocycles. The first-order chi connectivity index (χ1) is 10.3. The molecule has 1 aromatic rings. The number of carbonyl (C=O) groups excluding carboxylic acids is 2. The van der Waals surface area contributed by atoms with E-state index >= 15 is 0 Å². The first-order valence-electron chi connectivity index (χ1n) is 7.40. The Morgan fingerprint density at radius 2 is 1.23 bits per heavy atom. The molecule has 2 N–H and O–H groups in total. The highest BCUT2D eigenvalue weighted by Crippen LogP contribution is 2.26. The molecule has 0 heterocycles. The van der Waals surface area contributed by atoms with Crippen LogP contribution in [0.25, 0.3) is 0 Å². The molecular weight excluding hydrogens is 412 g/mol. The molecule has 2 atom stereocenters. The minimum absolute atomic E-state index is 0.103. The molecule has 22 heavy (non-hydrogen) atoms. The van der Waals surface area contributed by atoms with Crippen molar-refractivity contribution < 1.29 is 9.59 Å². The summed E-state index contributed by atoms with van der Waals surface area (Å²) in [5, 5.41) is 5.83. The average Bonchev–Trinajstić information content (AvgIpc) is 2.48. The van der Waals surface area contributed by atoms with Gasteiger partial charge in [0.05, 0.1) is 11.1 Å². The molecule has 2 amide bonds. The van der Waals surface area contributed by atoms with Crippen molar-refractivity contribution in [3.05, 3.63) is 32.2 Å². The van der Waals surface area contributed by atoms with Crippen molar-refractivity contribution in [3.63, 3.8) is 0 Å². The van der Waals surface area contributed by atoms with Crippen LogP contribution < -0.4 is 10.6 Å². The van der Waals surface area contributed by atoms with Crippen LogP contribution in [0, 0.1) is 0 Å². The molecule has 0 fully saturated rings. The predicted molar refractivity (Wildman–Crippen MR) is 96.3 cm³/mol. The molecule has 0 saturated heterocycles. The van der Waals surface area contributed by atoms with Gasteiger partial charge in [0.25, 0.3) is 11.8 Å². The standard InChI is InChI=1S/C16H22Br2N2O2/c1-5-9(3)19-15(21)11-7-14(18)12(8-13(11)17)16(22)20-10(4)6-2/h7-10H,5-6H2,1-4H3,(H,19,21)(H,20,22)/t9-,10-/m1/s1. The Kier molecular flexibility index (Phi) is 7.56. The van der Waals surface area contributed by atoms with Crippen molar-refractivity contribution in [1.82, 2.24) is 10.6 Å². The van der Waals surface area contributed by atoms with Gasteiger partial charge in [-0.15, -0.1) is 0 Å². The SMILES string of the molecule is CC[C@@H](C)NC(=O)c1cc(Br)c(C(=O)N[C@H](C)CC)cc1Br. The Hall–Kier alpha value is -0.880. The summed E-state index contributed by atoms with van der Waals surface area (Å²) in [6.07, 6.45) is 1.72. The topological polar surface area (TPSA) is 58.2 Å². The van der Waals surface area contributed by atoms with E-state index in [9.17, 15) is 9.59 Å². The molecule has 4 nitrogen and oxygen atoms in total. The van der Waals surface area contributed by atoms with Crippen LogP contribution in [0.2, 0.25) is 0 Å². The lowest BCUT2D eigenvalue weighted by atomic mass is 10.1. The normalized spacial score (nSPS) is 13.4. The van der Waals surface area contributed by atoms with Gasteiger partial charge in [0.15, 0.2) is 0 Å². The number of carbonyl (C=O) groups is 2. The lowest BCUT2D eigenvalue weighted by molar-refractivity contribution is 0.0925. The fourth-order valence-electron chi connectivity index (χ4n) is 1.70. The molecule has 0 radical (unpaired) electrons. The Labute approximate surface area is 148 Å². The first kappa shape index (κ1) is 19.2. The zero-order valence-corrected chi connectivity index (χ0v) is 16.5. The lowest BCUT2D eigenvalue weighted by Gasteiger charge is -2.15. The molecule has 0 spiro atoms. The summed E-state index contributed by atoms with van der Waals surface area (Å²) in [4.78, 5) is 24.5. The van der Waals surface area contributed by atoms with Gasteiger partial charge in [-0.2, -0.15) is 0 Å². The fraction of sp³-hybridized carbons (Fsp3) is 0.500. The van der Waals surface area contributed by atoms with Gasteiger partial charge in [-0.25, -0.2) is 0 Å². The summed E-state index contributed by atoms with van der Waals surface area (Å²) >= 11 is 6.77. The molecule has 0 bridgehead atoms. The molecule has 122 valence electrons. The van der Waals surface area contributed by atoms with Gasteiger partial charge < -0.3 is 10.6 Å². The summed E-state index contributed by atoms with van der Waals surface area (Å²) < 4.78 is 1.21. The van der Waals surface area contributed by atoms with Crippen LogP contribution in [0.3, 0.4) is 0 Å². The smallest absolute Gasteiger partial charge is 0.252 e.